The number of nitrogens with one attached hydrogen (secondary N) is 1. The molecular formula is C17H11F2N3O3S2. The van der Waals surface area contributed by atoms with Crippen LogP contribution >= 0.6 is 23.1 Å². The first-order chi connectivity index (χ1) is 12.9. The predicted molar refractivity (Wildman–Crippen MR) is 99.9 cm³/mol. The molecule has 1 N–H and O–H groups in total. The van der Waals surface area contributed by atoms with E-state index in [4.69, 9.17) is 0 Å². The average molecular weight is 407 g/mol. The smallest absolute Gasteiger partial charge is 0.270 e. The van der Waals surface area contributed by atoms with E-state index in [0.717, 1.165) is 23.9 Å². The molecule has 3 aromatic rings. The highest BCUT2D eigenvalue weighted by atomic mass is 32.2. The number of anilines is 1. The zero-order valence-electron chi connectivity index (χ0n) is 13.5. The third kappa shape index (κ3) is 4.86. The molecule has 1 amide bonds. The Balaban J connectivity index is 1.61. The minimum Gasteiger partial charge on any atom is -0.301 e. The first kappa shape index (κ1) is 18.9. The van der Waals surface area contributed by atoms with Crippen LogP contribution in [0.4, 0.5) is 19.6 Å². The number of non-ortho nitro benzene ring substituents is 1. The van der Waals surface area contributed by atoms with E-state index in [2.05, 4.69) is 10.3 Å². The Morgan fingerprint density at radius 2 is 2.04 bits per heavy atom. The number of amides is 1. The molecule has 3 rings (SSSR count). The molecule has 0 bridgehead atoms. The number of hydrogen-bond donors (Lipinski definition) is 1. The van der Waals surface area contributed by atoms with Gasteiger partial charge in [-0.05, 0) is 18.2 Å². The van der Waals surface area contributed by atoms with Crippen LogP contribution < -0.4 is 5.32 Å². The highest BCUT2D eigenvalue weighted by Gasteiger charge is 2.12. The fourth-order valence-electron chi connectivity index (χ4n) is 2.11. The highest BCUT2D eigenvalue weighted by molar-refractivity contribution is 8.00. The van der Waals surface area contributed by atoms with Gasteiger partial charge in [0.1, 0.15) is 0 Å². The zero-order chi connectivity index (χ0) is 19.4. The maximum Gasteiger partial charge on any atom is 0.270 e. The molecule has 2 aromatic carbocycles. The molecular weight excluding hydrogens is 396 g/mol. The van der Waals surface area contributed by atoms with Gasteiger partial charge in [-0.15, -0.1) is 23.1 Å². The lowest BCUT2D eigenvalue weighted by molar-refractivity contribution is -0.384. The van der Waals surface area contributed by atoms with Gasteiger partial charge in [-0.25, -0.2) is 13.8 Å². The van der Waals surface area contributed by atoms with Crippen LogP contribution in [0, 0.1) is 21.7 Å². The number of benzene rings is 2. The van der Waals surface area contributed by atoms with Crippen molar-refractivity contribution in [2.75, 3.05) is 11.1 Å². The Labute approximate surface area is 160 Å². The van der Waals surface area contributed by atoms with Crippen molar-refractivity contribution in [3.05, 3.63) is 69.6 Å². The van der Waals surface area contributed by atoms with Gasteiger partial charge in [0, 0.05) is 28.0 Å². The van der Waals surface area contributed by atoms with Crippen LogP contribution in [0.2, 0.25) is 0 Å². The number of nitrogens with zero attached hydrogens (tertiary/aromatic N) is 2. The molecule has 0 saturated heterocycles. The summed E-state index contributed by atoms with van der Waals surface area (Å²) in [5, 5.41) is 15.5. The number of carbonyl (C=O) groups is 1. The molecule has 1 aromatic heterocycles. The summed E-state index contributed by atoms with van der Waals surface area (Å²) in [6.45, 7) is 0. The topological polar surface area (TPSA) is 85.1 Å². The first-order valence-corrected chi connectivity index (χ1v) is 9.37. The molecule has 6 nitrogen and oxygen atoms in total. The van der Waals surface area contributed by atoms with Gasteiger partial charge in [-0.1, -0.05) is 12.1 Å². The normalized spacial score (nSPS) is 10.6. The molecule has 0 radical (unpaired) electrons. The monoisotopic (exact) mass is 407 g/mol. The Kier molecular flexibility index (Phi) is 5.77. The van der Waals surface area contributed by atoms with Crippen molar-refractivity contribution in [3.63, 3.8) is 0 Å². The number of rotatable bonds is 6. The quantitative estimate of drug-likeness (QED) is 0.363. The summed E-state index contributed by atoms with van der Waals surface area (Å²) in [5.41, 5.74) is 1.03. The second kappa shape index (κ2) is 8.23. The van der Waals surface area contributed by atoms with Gasteiger partial charge < -0.3 is 5.32 Å². The molecule has 10 heteroatoms. The van der Waals surface area contributed by atoms with Crippen LogP contribution in [0.1, 0.15) is 0 Å². The second-order valence-corrected chi connectivity index (χ2v) is 7.16. The SMILES string of the molecule is O=C(CSc1ccc(F)c(F)c1)Nc1nc(-c2cccc([N+](=O)[O-])c2)cs1. The predicted octanol–water partition coefficient (Wildman–Crippen LogP) is 4.73. The summed E-state index contributed by atoms with van der Waals surface area (Å²) >= 11 is 2.24. The summed E-state index contributed by atoms with van der Waals surface area (Å²) in [4.78, 5) is 27.0. The van der Waals surface area contributed by atoms with Crippen LogP contribution in [0.15, 0.2) is 52.7 Å². The Morgan fingerprint density at radius 3 is 2.78 bits per heavy atom. The van der Waals surface area contributed by atoms with E-state index in [0.29, 0.717) is 21.3 Å². The average Bonchev–Trinajstić information content (AvgIpc) is 3.11. The lowest BCUT2D eigenvalue weighted by atomic mass is 10.1. The van der Waals surface area contributed by atoms with E-state index in [1.165, 1.54) is 29.5 Å². The van der Waals surface area contributed by atoms with E-state index in [-0.39, 0.29) is 17.3 Å². The third-order valence-electron chi connectivity index (χ3n) is 3.36. The second-order valence-electron chi connectivity index (χ2n) is 5.26. The van der Waals surface area contributed by atoms with Crippen LogP contribution in [0.25, 0.3) is 11.3 Å². The molecule has 138 valence electrons. The van der Waals surface area contributed by atoms with E-state index in [1.807, 2.05) is 0 Å². The fourth-order valence-corrected chi connectivity index (χ4v) is 3.57. The molecule has 0 spiro atoms. The maximum atomic E-state index is 13.2. The Hall–Kier alpha value is -2.85. The number of aromatic nitrogens is 1. The molecule has 0 unspecified atom stereocenters. The number of halogens is 2. The van der Waals surface area contributed by atoms with E-state index in [9.17, 15) is 23.7 Å². The van der Waals surface area contributed by atoms with E-state index in [1.54, 1.807) is 17.5 Å². The molecule has 0 aliphatic carbocycles. The number of nitro benzene ring substituents is 1. The lowest BCUT2D eigenvalue weighted by Gasteiger charge is -2.03. The molecule has 0 atom stereocenters. The largest absolute Gasteiger partial charge is 0.301 e. The van der Waals surface area contributed by atoms with Gasteiger partial charge in [0.05, 0.1) is 16.4 Å². The minimum absolute atomic E-state index is 0.00318. The molecule has 0 aliphatic rings. The van der Waals surface area contributed by atoms with Gasteiger partial charge in [-0.3, -0.25) is 14.9 Å². The number of carbonyl (C=O) groups excluding carboxylic acids is 1. The summed E-state index contributed by atoms with van der Waals surface area (Å²) in [6, 6.07) is 9.45. The van der Waals surface area contributed by atoms with Crippen LogP contribution in [0.3, 0.4) is 0 Å². The maximum absolute atomic E-state index is 13.2. The number of hydrogen-bond acceptors (Lipinski definition) is 6. The van der Waals surface area contributed by atoms with Crippen LogP contribution in [0.5, 0.6) is 0 Å². The van der Waals surface area contributed by atoms with Crippen molar-refractivity contribution in [2.24, 2.45) is 0 Å². The summed E-state index contributed by atoms with van der Waals surface area (Å²) in [7, 11) is 0. The number of thiazole rings is 1. The van der Waals surface area contributed by atoms with Crippen molar-refractivity contribution < 1.29 is 18.5 Å². The van der Waals surface area contributed by atoms with Gasteiger partial charge in [0.15, 0.2) is 16.8 Å². The van der Waals surface area contributed by atoms with Gasteiger partial charge >= 0.3 is 0 Å². The molecule has 0 aliphatic heterocycles. The van der Waals surface area contributed by atoms with E-state index >= 15 is 0 Å². The first-order valence-electron chi connectivity index (χ1n) is 7.50. The van der Waals surface area contributed by atoms with Crippen molar-refractivity contribution in [2.45, 2.75) is 4.90 Å². The minimum atomic E-state index is -0.970. The summed E-state index contributed by atoms with van der Waals surface area (Å²) in [5.74, 6) is -2.27. The molecule has 0 fully saturated rings. The van der Waals surface area contributed by atoms with Gasteiger partial charge in [0.2, 0.25) is 5.91 Å². The van der Waals surface area contributed by atoms with Gasteiger partial charge in [0.25, 0.3) is 5.69 Å². The Bertz CT molecular complexity index is 1010. The fraction of sp³-hybridized carbons (Fsp3) is 0.0588. The third-order valence-corrected chi connectivity index (χ3v) is 5.12. The molecule has 0 saturated carbocycles. The van der Waals surface area contributed by atoms with Gasteiger partial charge in [-0.2, -0.15) is 0 Å². The Morgan fingerprint density at radius 1 is 1.22 bits per heavy atom. The van der Waals surface area contributed by atoms with Crippen molar-refractivity contribution in [3.8, 4) is 11.3 Å². The standard InChI is InChI=1S/C17H11F2N3O3S2/c18-13-5-4-12(7-14(13)19)26-9-16(23)21-17-20-15(8-27-17)10-2-1-3-11(6-10)22(24)25/h1-8H,9H2,(H,20,21,23). The number of nitro groups is 1. The zero-order valence-corrected chi connectivity index (χ0v) is 15.2. The highest BCUT2D eigenvalue weighted by Crippen LogP contribution is 2.28. The van der Waals surface area contributed by atoms with Crippen molar-refractivity contribution >= 4 is 39.8 Å². The van der Waals surface area contributed by atoms with Crippen molar-refractivity contribution in [1.82, 2.24) is 4.98 Å². The number of thioether (sulfide) groups is 1. The van der Waals surface area contributed by atoms with Crippen molar-refractivity contribution in [1.29, 1.82) is 0 Å². The van der Waals surface area contributed by atoms with Crippen LogP contribution in [-0.4, -0.2) is 21.6 Å². The summed E-state index contributed by atoms with van der Waals surface area (Å²) in [6.07, 6.45) is 0. The molecule has 27 heavy (non-hydrogen) atoms. The lowest BCUT2D eigenvalue weighted by Crippen LogP contribution is -2.13. The summed E-state index contributed by atoms with van der Waals surface area (Å²) < 4.78 is 26.0. The van der Waals surface area contributed by atoms with E-state index < -0.39 is 16.6 Å². The van der Waals surface area contributed by atoms with Crippen LogP contribution in [-0.2, 0) is 4.79 Å². The molecule has 1 heterocycles.